The SMILES string of the molecule is CC(C)(C(=O)N1CCCNCC1)c1ccc(Br)cc1.Cl. The van der Waals surface area contributed by atoms with Crippen LogP contribution in [0.3, 0.4) is 0 Å². The highest BCUT2D eigenvalue weighted by atomic mass is 79.9. The van der Waals surface area contributed by atoms with E-state index in [1.807, 2.05) is 43.0 Å². The molecule has 1 aromatic rings. The molecule has 5 heteroatoms. The minimum absolute atomic E-state index is 0. The maximum atomic E-state index is 12.7. The molecular weight excluding hydrogens is 340 g/mol. The van der Waals surface area contributed by atoms with E-state index in [4.69, 9.17) is 0 Å². The highest BCUT2D eigenvalue weighted by Gasteiger charge is 2.33. The first-order chi connectivity index (χ1) is 9.01. The number of carbonyl (C=O) groups excluding carboxylic acids is 1. The summed E-state index contributed by atoms with van der Waals surface area (Å²) in [7, 11) is 0. The van der Waals surface area contributed by atoms with Gasteiger partial charge < -0.3 is 10.2 Å². The van der Waals surface area contributed by atoms with Crippen molar-refractivity contribution in [2.75, 3.05) is 26.2 Å². The van der Waals surface area contributed by atoms with Crippen molar-refractivity contribution in [2.45, 2.75) is 25.7 Å². The van der Waals surface area contributed by atoms with Crippen LogP contribution in [-0.4, -0.2) is 37.0 Å². The average Bonchev–Trinajstić information content (AvgIpc) is 2.67. The number of hydrogen-bond donors (Lipinski definition) is 1. The summed E-state index contributed by atoms with van der Waals surface area (Å²) in [5.74, 6) is 0.221. The smallest absolute Gasteiger partial charge is 0.232 e. The second kappa shape index (κ2) is 7.43. The standard InChI is InChI=1S/C15H21BrN2O.ClH/c1-15(2,12-4-6-13(16)7-5-12)14(19)18-10-3-8-17-9-11-18;/h4-7,17H,3,8-11H2,1-2H3;1H. The number of nitrogens with zero attached hydrogens (tertiary/aromatic N) is 1. The molecule has 0 atom stereocenters. The number of hydrogen-bond acceptors (Lipinski definition) is 2. The Bertz CT molecular complexity index is 440. The first kappa shape index (κ1) is 17.5. The largest absolute Gasteiger partial charge is 0.341 e. The summed E-state index contributed by atoms with van der Waals surface area (Å²) in [6.45, 7) is 7.57. The predicted octanol–water partition coefficient (Wildman–Crippen LogP) is 2.97. The molecule has 1 aromatic carbocycles. The summed E-state index contributed by atoms with van der Waals surface area (Å²) in [5, 5.41) is 3.33. The highest BCUT2D eigenvalue weighted by Crippen LogP contribution is 2.27. The molecule has 1 N–H and O–H groups in total. The van der Waals surface area contributed by atoms with Crippen LogP contribution < -0.4 is 5.32 Å². The predicted molar refractivity (Wildman–Crippen MR) is 88.5 cm³/mol. The van der Waals surface area contributed by atoms with E-state index in [1.54, 1.807) is 0 Å². The van der Waals surface area contributed by atoms with Crippen LogP contribution in [0.5, 0.6) is 0 Å². The van der Waals surface area contributed by atoms with Gasteiger partial charge in [0.25, 0.3) is 0 Å². The van der Waals surface area contributed by atoms with Crippen molar-refractivity contribution in [3.05, 3.63) is 34.3 Å². The van der Waals surface area contributed by atoms with Crippen LogP contribution in [0.1, 0.15) is 25.8 Å². The van der Waals surface area contributed by atoms with E-state index in [0.29, 0.717) is 0 Å². The molecule has 2 rings (SSSR count). The fraction of sp³-hybridized carbons (Fsp3) is 0.533. The molecule has 0 spiro atoms. The second-order valence-corrected chi connectivity index (χ2v) is 6.44. The van der Waals surface area contributed by atoms with Gasteiger partial charge in [-0.15, -0.1) is 12.4 Å². The lowest BCUT2D eigenvalue weighted by atomic mass is 9.83. The van der Waals surface area contributed by atoms with Crippen molar-refractivity contribution in [3.63, 3.8) is 0 Å². The van der Waals surface area contributed by atoms with Gasteiger partial charge in [-0.1, -0.05) is 28.1 Å². The molecule has 1 fully saturated rings. The van der Waals surface area contributed by atoms with Crippen LogP contribution in [0.4, 0.5) is 0 Å². The Labute approximate surface area is 135 Å². The molecule has 0 radical (unpaired) electrons. The van der Waals surface area contributed by atoms with Gasteiger partial charge >= 0.3 is 0 Å². The fourth-order valence-electron chi connectivity index (χ4n) is 2.43. The monoisotopic (exact) mass is 360 g/mol. The zero-order chi connectivity index (χ0) is 13.9. The van der Waals surface area contributed by atoms with Crippen LogP contribution in [0, 0.1) is 0 Å². The molecule has 0 unspecified atom stereocenters. The number of benzene rings is 1. The van der Waals surface area contributed by atoms with E-state index in [1.165, 1.54) is 0 Å². The molecule has 1 saturated heterocycles. The van der Waals surface area contributed by atoms with Gasteiger partial charge in [0.2, 0.25) is 5.91 Å². The zero-order valence-corrected chi connectivity index (χ0v) is 14.4. The third-order valence-corrected chi connectivity index (χ3v) is 4.26. The van der Waals surface area contributed by atoms with E-state index in [9.17, 15) is 4.79 Å². The van der Waals surface area contributed by atoms with E-state index in [2.05, 4.69) is 21.2 Å². The van der Waals surface area contributed by atoms with Gasteiger partial charge in [0.05, 0.1) is 5.41 Å². The van der Waals surface area contributed by atoms with Crippen molar-refractivity contribution < 1.29 is 4.79 Å². The Kier molecular flexibility index (Phi) is 6.49. The van der Waals surface area contributed by atoms with Crippen LogP contribution >= 0.6 is 28.3 Å². The summed E-state index contributed by atoms with van der Waals surface area (Å²) in [4.78, 5) is 14.7. The summed E-state index contributed by atoms with van der Waals surface area (Å²) in [6.07, 6.45) is 1.03. The lowest BCUT2D eigenvalue weighted by Crippen LogP contribution is -2.44. The molecule has 3 nitrogen and oxygen atoms in total. The summed E-state index contributed by atoms with van der Waals surface area (Å²) in [6, 6.07) is 8.04. The van der Waals surface area contributed by atoms with Gasteiger partial charge in [0.15, 0.2) is 0 Å². The zero-order valence-electron chi connectivity index (χ0n) is 12.0. The van der Waals surface area contributed by atoms with Crippen molar-refractivity contribution in [1.82, 2.24) is 10.2 Å². The minimum atomic E-state index is -0.467. The Morgan fingerprint density at radius 1 is 1.20 bits per heavy atom. The Hall–Kier alpha value is -0.580. The summed E-state index contributed by atoms with van der Waals surface area (Å²) >= 11 is 3.43. The Morgan fingerprint density at radius 2 is 1.85 bits per heavy atom. The average molecular weight is 362 g/mol. The van der Waals surface area contributed by atoms with E-state index >= 15 is 0 Å². The van der Waals surface area contributed by atoms with Crippen LogP contribution in [0.2, 0.25) is 0 Å². The maximum absolute atomic E-state index is 12.7. The van der Waals surface area contributed by atoms with Crippen molar-refractivity contribution in [3.8, 4) is 0 Å². The van der Waals surface area contributed by atoms with Crippen molar-refractivity contribution >= 4 is 34.2 Å². The van der Waals surface area contributed by atoms with Crippen LogP contribution in [0.15, 0.2) is 28.7 Å². The van der Waals surface area contributed by atoms with Gasteiger partial charge in [-0.25, -0.2) is 0 Å². The first-order valence-electron chi connectivity index (χ1n) is 6.78. The number of rotatable bonds is 2. The quantitative estimate of drug-likeness (QED) is 0.878. The summed E-state index contributed by atoms with van der Waals surface area (Å²) < 4.78 is 1.04. The van der Waals surface area contributed by atoms with Crippen LogP contribution in [-0.2, 0) is 10.2 Å². The molecule has 0 aromatic heterocycles. The number of halogens is 2. The third kappa shape index (κ3) is 3.96. The van der Waals surface area contributed by atoms with E-state index in [-0.39, 0.29) is 18.3 Å². The molecule has 1 heterocycles. The normalized spacial score (nSPS) is 16.2. The lowest BCUT2D eigenvalue weighted by molar-refractivity contribution is -0.136. The topological polar surface area (TPSA) is 32.3 Å². The first-order valence-corrected chi connectivity index (χ1v) is 7.57. The minimum Gasteiger partial charge on any atom is -0.341 e. The molecule has 0 aliphatic carbocycles. The number of amides is 1. The second-order valence-electron chi connectivity index (χ2n) is 5.53. The maximum Gasteiger partial charge on any atom is 0.232 e. The number of carbonyl (C=O) groups is 1. The molecule has 1 amide bonds. The van der Waals surface area contributed by atoms with Gasteiger partial charge in [0, 0.05) is 24.1 Å². The number of nitrogens with one attached hydrogen (secondary N) is 1. The molecule has 112 valence electrons. The Morgan fingerprint density at radius 3 is 2.50 bits per heavy atom. The van der Waals surface area contributed by atoms with Gasteiger partial charge in [-0.05, 0) is 44.5 Å². The third-order valence-electron chi connectivity index (χ3n) is 3.73. The molecular formula is C15H22BrClN2O. The van der Waals surface area contributed by atoms with Gasteiger partial charge in [-0.3, -0.25) is 4.79 Å². The van der Waals surface area contributed by atoms with E-state index in [0.717, 1.165) is 42.6 Å². The summed E-state index contributed by atoms with van der Waals surface area (Å²) in [5.41, 5.74) is 0.600. The van der Waals surface area contributed by atoms with Crippen LogP contribution in [0.25, 0.3) is 0 Å². The molecule has 1 aliphatic rings. The highest BCUT2D eigenvalue weighted by molar-refractivity contribution is 9.10. The van der Waals surface area contributed by atoms with Gasteiger partial charge in [0.1, 0.15) is 0 Å². The Balaban J connectivity index is 0.00000200. The molecule has 0 saturated carbocycles. The van der Waals surface area contributed by atoms with Gasteiger partial charge in [-0.2, -0.15) is 0 Å². The molecule has 0 bridgehead atoms. The van der Waals surface area contributed by atoms with Crippen molar-refractivity contribution in [1.29, 1.82) is 0 Å². The van der Waals surface area contributed by atoms with Crippen molar-refractivity contribution in [2.24, 2.45) is 0 Å². The molecule has 20 heavy (non-hydrogen) atoms. The fourth-order valence-corrected chi connectivity index (χ4v) is 2.70. The van der Waals surface area contributed by atoms with E-state index < -0.39 is 5.41 Å². The molecule has 1 aliphatic heterocycles. The lowest BCUT2D eigenvalue weighted by Gasteiger charge is -2.31.